The van der Waals surface area contributed by atoms with Gasteiger partial charge in [-0.3, -0.25) is 4.79 Å². The largest absolute Gasteiger partial charge is 0.441 e. The van der Waals surface area contributed by atoms with E-state index < -0.39 is 5.54 Å². The van der Waals surface area contributed by atoms with E-state index in [0.717, 1.165) is 42.3 Å². The van der Waals surface area contributed by atoms with Crippen LogP contribution < -0.4 is 11.1 Å². The molecule has 112 valence electrons. The maximum atomic E-state index is 12.1. The Hall–Kier alpha value is -1.88. The van der Waals surface area contributed by atoms with Crippen LogP contribution in [0.5, 0.6) is 0 Å². The van der Waals surface area contributed by atoms with Gasteiger partial charge in [0.2, 0.25) is 5.91 Å². The second-order valence-corrected chi connectivity index (χ2v) is 5.90. The van der Waals surface area contributed by atoms with E-state index >= 15 is 0 Å². The van der Waals surface area contributed by atoms with Gasteiger partial charge in [-0.15, -0.1) is 0 Å². The van der Waals surface area contributed by atoms with Crippen LogP contribution in [-0.2, 0) is 11.2 Å². The number of nitrogens with one attached hydrogen (secondary N) is 1. The normalized spacial score (nSPS) is 17.2. The van der Waals surface area contributed by atoms with Gasteiger partial charge in [0.1, 0.15) is 5.52 Å². The molecule has 2 aromatic rings. The zero-order chi connectivity index (χ0) is 14.9. The van der Waals surface area contributed by atoms with Crippen molar-refractivity contribution in [2.24, 2.45) is 5.73 Å². The number of nitrogens with zero attached hydrogens (tertiary/aromatic N) is 1. The fourth-order valence-corrected chi connectivity index (χ4v) is 2.93. The summed E-state index contributed by atoms with van der Waals surface area (Å²) in [6, 6.07) is 5.87. The molecule has 21 heavy (non-hydrogen) atoms. The minimum atomic E-state index is -0.669. The highest BCUT2D eigenvalue weighted by Crippen LogP contribution is 2.27. The molecule has 5 heteroatoms. The maximum Gasteiger partial charge on any atom is 0.240 e. The number of hydrogen-bond donors (Lipinski definition) is 2. The molecule has 1 aliphatic carbocycles. The average Bonchev–Trinajstić information content (AvgIpc) is 3.06. The van der Waals surface area contributed by atoms with Gasteiger partial charge >= 0.3 is 0 Å². The van der Waals surface area contributed by atoms with E-state index in [-0.39, 0.29) is 5.91 Å². The molecule has 0 bridgehead atoms. The quantitative estimate of drug-likeness (QED) is 0.902. The average molecular weight is 287 g/mol. The number of fused-ring (bicyclic) bond motifs is 1. The molecule has 1 fully saturated rings. The lowest BCUT2D eigenvalue weighted by Gasteiger charge is -2.21. The predicted molar refractivity (Wildman–Crippen MR) is 80.8 cm³/mol. The minimum Gasteiger partial charge on any atom is -0.441 e. The predicted octanol–water partition coefficient (Wildman–Crippen LogP) is 2.07. The second kappa shape index (κ2) is 5.48. The molecule has 1 saturated carbocycles. The van der Waals surface area contributed by atoms with Gasteiger partial charge in [0.25, 0.3) is 0 Å². The van der Waals surface area contributed by atoms with Crippen molar-refractivity contribution in [1.82, 2.24) is 10.3 Å². The molecule has 3 N–H and O–H groups in total. The molecule has 0 atom stereocenters. The summed E-state index contributed by atoms with van der Waals surface area (Å²) in [4.78, 5) is 16.6. The zero-order valence-electron chi connectivity index (χ0n) is 12.3. The van der Waals surface area contributed by atoms with Crippen LogP contribution in [-0.4, -0.2) is 23.0 Å². The van der Waals surface area contributed by atoms with E-state index in [1.165, 1.54) is 0 Å². The molecule has 1 aliphatic rings. The molecule has 0 radical (unpaired) electrons. The first-order valence-electron chi connectivity index (χ1n) is 7.51. The lowest BCUT2D eigenvalue weighted by atomic mass is 9.98. The highest BCUT2D eigenvalue weighted by molar-refractivity contribution is 5.86. The summed E-state index contributed by atoms with van der Waals surface area (Å²) < 4.78 is 5.69. The number of carbonyl (C=O) groups is 1. The van der Waals surface area contributed by atoms with Crippen molar-refractivity contribution in [2.45, 2.75) is 44.6 Å². The summed E-state index contributed by atoms with van der Waals surface area (Å²) in [7, 11) is 0. The number of oxazole rings is 1. The number of amides is 1. The van der Waals surface area contributed by atoms with Crippen molar-refractivity contribution < 1.29 is 9.21 Å². The topological polar surface area (TPSA) is 81.2 Å². The lowest BCUT2D eigenvalue weighted by Crippen LogP contribution is -2.52. The molecule has 0 spiro atoms. The van der Waals surface area contributed by atoms with E-state index in [4.69, 9.17) is 10.2 Å². The van der Waals surface area contributed by atoms with Crippen LogP contribution in [0.2, 0.25) is 0 Å². The number of benzene rings is 1. The van der Waals surface area contributed by atoms with E-state index in [9.17, 15) is 4.79 Å². The van der Waals surface area contributed by atoms with Gasteiger partial charge in [-0.25, -0.2) is 4.98 Å². The van der Waals surface area contributed by atoms with Gasteiger partial charge in [0.15, 0.2) is 11.5 Å². The third-order valence-electron chi connectivity index (χ3n) is 4.24. The van der Waals surface area contributed by atoms with Crippen molar-refractivity contribution in [3.63, 3.8) is 0 Å². The number of hydrogen-bond acceptors (Lipinski definition) is 4. The number of aryl methyl sites for hydroxylation is 1. The number of nitrogens with two attached hydrogens (primary N) is 1. The van der Waals surface area contributed by atoms with Gasteiger partial charge in [-0.1, -0.05) is 25.0 Å². The Morgan fingerprint density at radius 1 is 1.43 bits per heavy atom. The molecular weight excluding hydrogens is 266 g/mol. The molecule has 1 aromatic heterocycles. The first-order chi connectivity index (χ1) is 10.1. The van der Waals surface area contributed by atoms with Crippen molar-refractivity contribution in [3.05, 3.63) is 29.7 Å². The first-order valence-corrected chi connectivity index (χ1v) is 7.51. The van der Waals surface area contributed by atoms with Crippen LogP contribution in [0.4, 0.5) is 0 Å². The summed E-state index contributed by atoms with van der Waals surface area (Å²) >= 11 is 0. The SMILES string of the molecule is Cc1cccc2oc(CCNC(=O)C3(N)CCCC3)nc12. The number of rotatable bonds is 4. The Morgan fingerprint density at radius 2 is 2.19 bits per heavy atom. The van der Waals surface area contributed by atoms with Gasteiger partial charge in [-0.2, -0.15) is 0 Å². The summed E-state index contributed by atoms with van der Waals surface area (Å²) in [6.07, 6.45) is 4.21. The van der Waals surface area contributed by atoms with Crippen molar-refractivity contribution in [3.8, 4) is 0 Å². The highest BCUT2D eigenvalue weighted by atomic mass is 16.3. The molecule has 1 amide bonds. The van der Waals surface area contributed by atoms with Crippen LogP contribution in [0.15, 0.2) is 22.6 Å². The van der Waals surface area contributed by atoms with Crippen LogP contribution in [0, 0.1) is 6.92 Å². The molecule has 1 aromatic carbocycles. The Kier molecular flexibility index (Phi) is 3.68. The van der Waals surface area contributed by atoms with Crippen molar-refractivity contribution in [2.75, 3.05) is 6.54 Å². The van der Waals surface area contributed by atoms with E-state index in [1.807, 2.05) is 25.1 Å². The Labute approximate surface area is 123 Å². The van der Waals surface area contributed by atoms with Gasteiger partial charge in [0, 0.05) is 13.0 Å². The maximum absolute atomic E-state index is 12.1. The van der Waals surface area contributed by atoms with Crippen molar-refractivity contribution >= 4 is 17.0 Å². The number of aromatic nitrogens is 1. The molecule has 3 rings (SSSR count). The van der Waals surface area contributed by atoms with Gasteiger partial charge in [0.05, 0.1) is 5.54 Å². The van der Waals surface area contributed by atoms with Crippen LogP contribution in [0.1, 0.15) is 37.1 Å². The highest BCUT2D eigenvalue weighted by Gasteiger charge is 2.36. The molecular formula is C16H21N3O2. The number of carbonyl (C=O) groups excluding carboxylic acids is 1. The Morgan fingerprint density at radius 3 is 2.90 bits per heavy atom. The summed E-state index contributed by atoms with van der Waals surface area (Å²) in [6.45, 7) is 2.51. The van der Waals surface area contributed by atoms with E-state index in [2.05, 4.69) is 10.3 Å². The second-order valence-electron chi connectivity index (χ2n) is 5.90. The zero-order valence-corrected chi connectivity index (χ0v) is 12.3. The molecule has 1 heterocycles. The number of para-hydroxylation sites is 1. The molecule has 0 saturated heterocycles. The minimum absolute atomic E-state index is 0.0488. The molecule has 5 nitrogen and oxygen atoms in total. The van der Waals surface area contributed by atoms with Gasteiger partial charge < -0.3 is 15.5 Å². The molecule has 0 aliphatic heterocycles. The lowest BCUT2D eigenvalue weighted by molar-refractivity contribution is -0.126. The molecule has 0 unspecified atom stereocenters. The van der Waals surface area contributed by atoms with Crippen LogP contribution in [0.3, 0.4) is 0 Å². The van der Waals surface area contributed by atoms with Crippen molar-refractivity contribution in [1.29, 1.82) is 0 Å². The van der Waals surface area contributed by atoms with Crippen LogP contribution in [0.25, 0.3) is 11.1 Å². The van der Waals surface area contributed by atoms with E-state index in [0.29, 0.717) is 18.9 Å². The smallest absolute Gasteiger partial charge is 0.240 e. The standard InChI is InChI=1S/C16H21N3O2/c1-11-5-4-6-12-14(11)19-13(21-12)7-10-18-15(20)16(17)8-2-3-9-16/h4-6H,2-3,7-10,17H2,1H3,(H,18,20). The first kappa shape index (κ1) is 14.1. The van der Waals surface area contributed by atoms with Gasteiger partial charge in [-0.05, 0) is 31.4 Å². The summed E-state index contributed by atoms with van der Waals surface area (Å²) in [5, 5.41) is 2.91. The third-order valence-corrected chi connectivity index (χ3v) is 4.24. The Bertz CT molecular complexity index is 657. The fourth-order valence-electron chi connectivity index (χ4n) is 2.93. The summed E-state index contributed by atoms with van der Waals surface area (Å²) in [5.41, 5.74) is 8.23. The summed E-state index contributed by atoms with van der Waals surface area (Å²) in [5.74, 6) is 0.601. The monoisotopic (exact) mass is 287 g/mol. The Balaban J connectivity index is 1.59. The van der Waals surface area contributed by atoms with Crippen LogP contribution >= 0.6 is 0 Å². The third kappa shape index (κ3) is 2.78. The van der Waals surface area contributed by atoms with E-state index in [1.54, 1.807) is 0 Å². The fraction of sp³-hybridized carbons (Fsp3) is 0.500.